The number of carbonyl (C=O) groups is 2. The highest BCUT2D eigenvalue weighted by Gasteiger charge is 2.41. The van der Waals surface area contributed by atoms with E-state index >= 15 is 0 Å². The topological polar surface area (TPSA) is 49.4 Å². The monoisotopic (exact) mass is 410 g/mol. The van der Waals surface area contributed by atoms with Crippen molar-refractivity contribution in [1.29, 1.82) is 0 Å². The van der Waals surface area contributed by atoms with Gasteiger partial charge in [-0.15, -0.1) is 0 Å². The number of imide groups is 1. The fraction of sp³-hybridized carbons (Fsp3) is 0.185. The van der Waals surface area contributed by atoms with Crippen LogP contribution in [0.15, 0.2) is 66.4 Å². The van der Waals surface area contributed by atoms with Crippen LogP contribution in [-0.2, 0) is 9.59 Å². The number of nitrogens with zero attached hydrogens (tertiary/aromatic N) is 1. The highest BCUT2D eigenvalue weighted by atomic mass is 16.2. The zero-order valence-electron chi connectivity index (χ0n) is 18.5. The molecule has 1 aliphatic rings. The Hall–Kier alpha value is -3.66. The Labute approximate surface area is 183 Å². The summed E-state index contributed by atoms with van der Waals surface area (Å²) < 4.78 is 0. The third-order valence-electron chi connectivity index (χ3n) is 5.77. The van der Waals surface area contributed by atoms with Gasteiger partial charge in [0.2, 0.25) is 0 Å². The lowest BCUT2D eigenvalue weighted by molar-refractivity contribution is -0.120. The maximum absolute atomic E-state index is 13.7. The van der Waals surface area contributed by atoms with Gasteiger partial charge in [0.25, 0.3) is 11.8 Å². The van der Waals surface area contributed by atoms with E-state index < -0.39 is 0 Å². The zero-order chi connectivity index (χ0) is 22.3. The molecule has 31 heavy (non-hydrogen) atoms. The van der Waals surface area contributed by atoms with Gasteiger partial charge in [0.05, 0.1) is 11.3 Å². The first-order valence-corrected chi connectivity index (χ1v) is 10.4. The Balaban J connectivity index is 1.88. The van der Waals surface area contributed by atoms with Crippen molar-refractivity contribution in [2.45, 2.75) is 34.6 Å². The summed E-state index contributed by atoms with van der Waals surface area (Å²) in [6.07, 6.45) is 0. The number of carbonyl (C=O) groups excluding carboxylic acids is 2. The second-order valence-corrected chi connectivity index (χ2v) is 8.28. The molecule has 4 nitrogen and oxygen atoms in total. The number of amides is 2. The Morgan fingerprint density at radius 2 is 1.39 bits per heavy atom. The van der Waals surface area contributed by atoms with Crippen molar-refractivity contribution in [1.82, 2.24) is 0 Å². The molecule has 0 radical (unpaired) electrons. The summed E-state index contributed by atoms with van der Waals surface area (Å²) in [4.78, 5) is 28.5. The molecule has 156 valence electrons. The van der Waals surface area contributed by atoms with Gasteiger partial charge in [-0.1, -0.05) is 42.5 Å². The molecule has 0 saturated heterocycles. The fourth-order valence-electron chi connectivity index (χ4n) is 3.86. The number of anilines is 2. The van der Waals surface area contributed by atoms with Gasteiger partial charge in [-0.05, 0) is 86.2 Å². The summed E-state index contributed by atoms with van der Waals surface area (Å²) in [7, 11) is 0. The number of hydrogen-bond acceptors (Lipinski definition) is 3. The number of rotatable bonds is 4. The van der Waals surface area contributed by atoms with Crippen LogP contribution in [0.25, 0.3) is 5.57 Å². The van der Waals surface area contributed by atoms with E-state index in [9.17, 15) is 9.59 Å². The molecule has 3 aromatic rings. The van der Waals surface area contributed by atoms with E-state index in [2.05, 4.69) is 5.32 Å². The maximum Gasteiger partial charge on any atom is 0.282 e. The quantitative estimate of drug-likeness (QED) is 0.568. The molecule has 4 rings (SSSR count). The van der Waals surface area contributed by atoms with Crippen molar-refractivity contribution < 1.29 is 9.59 Å². The van der Waals surface area contributed by atoms with Crippen LogP contribution in [0, 0.1) is 34.6 Å². The predicted molar refractivity (Wildman–Crippen MR) is 126 cm³/mol. The maximum atomic E-state index is 13.7. The summed E-state index contributed by atoms with van der Waals surface area (Å²) in [6.45, 7) is 9.91. The molecule has 3 aromatic carbocycles. The first-order valence-electron chi connectivity index (χ1n) is 10.4. The number of nitrogens with one attached hydrogen (secondary N) is 1. The lowest BCUT2D eigenvalue weighted by atomic mass is 9.99. The van der Waals surface area contributed by atoms with E-state index in [1.165, 1.54) is 4.90 Å². The summed E-state index contributed by atoms with van der Waals surface area (Å²) in [6, 6.07) is 19.5. The van der Waals surface area contributed by atoms with E-state index in [4.69, 9.17) is 0 Å². The first kappa shape index (κ1) is 20.6. The molecule has 0 bridgehead atoms. The average molecular weight is 411 g/mol. The van der Waals surface area contributed by atoms with E-state index in [-0.39, 0.29) is 11.8 Å². The van der Waals surface area contributed by atoms with Crippen molar-refractivity contribution >= 4 is 28.8 Å². The van der Waals surface area contributed by atoms with Gasteiger partial charge >= 0.3 is 0 Å². The molecule has 0 spiro atoms. The summed E-state index contributed by atoms with van der Waals surface area (Å²) in [5.74, 6) is -0.648. The smallest absolute Gasteiger partial charge is 0.282 e. The van der Waals surface area contributed by atoms with Crippen molar-refractivity contribution in [2.24, 2.45) is 0 Å². The summed E-state index contributed by atoms with van der Waals surface area (Å²) in [5, 5.41) is 3.25. The molecule has 2 amide bonds. The molecule has 0 aliphatic carbocycles. The van der Waals surface area contributed by atoms with Crippen molar-refractivity contribution in [3.05, 3.63) is 99.7 Å². The lowest BCUT2D eigenvalue weighted by Gasteiger charge is -2.18. The third-order valence-corrected chi connectivity index (χ3v) is 5.77. The van der Waals surface area contributed by atoms with E-state index in [1.54, 1.807) is 0 Å². The van der Waals surface area contributed by atoms with Crippen LogP contribution in [0.2, 0.25) is 0 Å². The van der Waals surface area contributed by atoms with Crippen molar-refractivity contribution in [3.8, 4) is 0 Å². The Morgan fingerprint density at radius 1 is 0.677 bits per heavy atom. The Morgan fingerprint density at radius 3 is 2.10 bits per heavy atom. The standard InChI is InChI=1S/C27H26N2O2/c1-16-7-6-8-22(13-16)28-25-24(21-12-11-18(3)20(5)15-21)26(30)29(27(25)31)23-14-17(2)9-10-19(23)4/h6-15,28H,1-5H3. The van der Waals surface area contributed by atoms with Crippen LogP contribution in [-0.4, -0.2) is 11.8 Å². The lowest BCUT2D eigenvalue weighted by Crippen LogP contribution is -2.33. The average Bonchev–Trinajstić information content (AvgIpc) is 2.96. The van der Waals surface area contributed by atoms with Crippen molar-refractivity contribution in [2.75, 3.05) is 10.2 Å². The molecule has 0 saturated carbocycles. The molecule has 0 unspecified atom stereocenters. The third kappa shape index (κ3) is 3.77. The van der Waals surface area contributed by atoms with Gasteiger partial charge in [-0.2, -0.15) is 0 Å². The Kier molecular flexibility index (Phi) is 5.24. The van der Waals surface area contributed by atoms with Crippen LogP contribution in [0.1, 0.15) is 33.4 Å². The minimum atomic E-state index is -0.339. The van der Waals surface area contributed by atoms with E-state index in [0.717, 1.165) is 39.1 Å². The van der Waals surface area contributed by atoms with Crippen LogP contribution < -0.4 is 10.2 Å². The van der Waals surface area contributed by atoms with Crippen LogP contribution >= 0.6 is 0 Å². The highest BCUT2D eigenvalue weighted by molar-refractivity contribution is 6.46. The largest absolute Gasteiger partial charge is 0.350 e. The van der Waals surface area contributed by atoms with E-state index in [0.29, 0.717) is 17.0 Å². The second kappa shape index (κ2) is 7.88. The molecule has 0 aromatic heterocycles. The fourth-order valence-corrected chi connectivity index (χ4v) is 3.86. The number of aryl methyl sites for hydroxylation is 5. The van der Waals surface area contributed by atoms with Gasteiger partial charge in [0, 0.05) is 5.69 Å². The van der Waals surface area contributed by atoms with Gasteiger partial charge in [0.1, 0.15) is 5.70 Å². The molecule has 1 aliphatic heterocycles. The first-order chi connectivity index (χ1) is 14.8. The molecule has 1 heterocycles. The molecular weight excluding hydrogens is 384 g/mol. The van der Waals surface area contributed by atoms with Crippen molar-refractivity contribution in [3.63, 3.8) is 0 Å². The van der Waals surface area contributed by atoms with E-state index in [1.807, 2.05) is 95.3 Å². The highest BCUT2D eigenvalue weighted by Crippen LogP contribution is 2.36. The SMILES string of the molecule is Cc1cccc(NC2=C(c3ccc(C)c(C)c3)C(=O)N(c3cc(C)ccc3C)C2=O)c1. The van der Waals surface area contributed by atoms with Crippen LogP contribution in [0.4, 0.5) is 11.4 Å². The molecule has 1 N–H and O–H groups in total. The van der Waals surface area contributed by atoms with Crippen LogP contribution in [0.3, 0.4) is 0 Å². The molecule has 0 fully saturated rings. The molecule has 0 atom stereocenters. The second-order valence-electron chi connectivity index (χ2n) is 8.28. The van der Waals surface area contributed by atoms with Gasteiger partial charge in [-0.3, -0.25) is 9.59 Å². The summed E-state index contributed by atoms with van der Waals surface area (Å²) >= 11 is 0. The van der Waals surface area contributed by atoms with Gasteiger partial charge in [-0.25, -0.2) is 4.90 Å². The number of hydrogen-bond donors (Lipinski definition) is 1. The normalized spacial score (nSPS) is 13.9. The minimum absolute atomic E-state index is 0.305. The van der Waals surface area contributed by atoms with Gasteiger partial charge in [0.15, 0.2) is 0 Å². The summed E-state index contributed by atoms with van der Waals surface area (Å²) in [5.41, 5.74) is 8.00. The molecule has 4 heteroatoms. The predicted octanol–water partition coefficient (Wildman–Crippen LogP) is 5.63. The zero-order valence-corrected chi connectivity index (χ0v) is 18.5. The minimum Gasteiger partial charge on any atom is -0.350 e. The Bertz CT molecular complexity index is 1250. The van der Waals surface area contributed by atoms with Crippen LogP contribution in [0.5, 0.6) is 0 Å². The van der Waals surface area contributed by atoms with Gasteiger partial charge < -0.3 is 5.32 Å². The molecular formula is C27H26N2O2. The number of benzene rings is 3.